The van der Waals surface area contributed by atoms with E-state index in [1.165, 1.54) is 71.5 Å². The fraction of sp³-hybridized carbons (Fsp3) is 1.00. The minimum Gasteiger partial charge on any atom is -0.316 e. The highest BCUT2D eigenvalue weighted by Crippen LogP contribution is 2.17. The van der Waals surface area contributed by atoms with E-state index in [2.05, 4.69) is 29.1 Å². The van der Waals surface area contributed by atoms with Crippen LogP contribution in [0.2, 0.25) is 0 Å². The highest BCUT2D eigenvalue weighted by Gasteiger charge is 2.19. The molecule has 3 heteroatoms. The van der Waals surface area contributed by atoms with Gasteiger partial charge in [0.15, 0.2) is 0 Å². The lowest BCUT2D eigenvalue weighted by Gasteiger charge is -2.32. The second-order valence-corrected chi connectivity index (χ2v) is 6.28. The number of likely N-dealkylation sites (tertiary alicyclic amines) is 2. The quantitative estimate of drug-likeness (QED) is 0.804. The van der Waals surface area contributed by atoms with Crippen molar-refractivity contribution in [2.45, 2.75) is 32.6 Å². The first-order valence-corrected chi connectivity index (χ1v) is 7.89. The van der Waals surface area contributed by atoms with Gasteiger partial charge in [-0.05, 0) is 90.4 Å². The molecule has 18 heavy (non-hydrogen) atoms. The number of nitrogens with zero attached hydrogens (tertiary/aromatic N) is 2. The number of piperidine rings is 2. The topological polar surface area (TPSA) is 18.5 Å². The van der Waals surface area contributed by atoms with Crippen LogP contribution in [0.25, 0.3) is 0 Å². The number of hydrogen-bond acceptors (Lipinski definition) is 3. The largest absolute Gasteiger partial charge is 0.316 e. The van der Waals surface area contributed by atoms with E-state index in [1.54, 1.807) is 0 Å². The van der Waals surface area contributed by atoms with Crippen molar-refractivity contribution in [1.29, 1.82) is 0 Å². The number of nitrogens with one attached hydrogen (secondary N) is 1. The van der Waals surface area contributed by atoms with Crippen LogP contribution >= 0.6 is 0 Å². The Labute approximate surface area is 113 Å². The van der Waals surface area contributed by atoms with Gasteiger partial charge in [-0.15, -0.1) is 0 Å². The zero-order valence-corrected chi connectivity index (χ0v) is 12.3. The van der Waals surface area contributed by atoms with Crippen LogP contribution in [0.1, 0.15) is 32.6 Å². The first-order chi connectivity index (χ1) is 8.78. The van der Waals surface area contributed by atoms with Gasteiger partial charge < -0.3 is 15.1 Å². The third-order valence-electron chi connectivity index (χ3n) is 4.86. The monoisotopic (exact) mass is 253 g/mol. The van der Waals surface area contributed by atoms with Gasteiger partial charge in [-0.2, -0.15) is 0 Å². The molecule has 0 aromatic heterocycles. The summed E-state index contributed by atoms with van der Waals surface area (Å²) in [6.45, 7) is 11.2. The number of rotatable bonds is 5. The van der Waals surface area contributed by atoms with Crippen molar-refractivity contribution in [3.05, 3.63) is 0 Å². The van der Waals surface area contributed by atoms with E-state index >= 15 is 0 Å². The van der Waals surface area contributed by atoms with Crippen molar-refractivity contribution in [3.8, 4) is 0 Å². The summed E-state index contributed by atoms with van der Waals surface area (Å²) < 4.78 is 0. The first-order valence-electron chi connectivity index (χ1n) is 7.89. The summed E-state index contributed by atoms with van der Waals surface area (Å²) in [5.41, 5.74) is 0. The molecule has 0 saturated carbocycles. The summed E-state index contributed by atoms with van der Waals surface area (Å²) in [7, 11) is 2.24. The fourth-order valence-electron chi connectivity index (χ4n) is 3.26. The van der Waals surface area contributed by atoms with Gasteiger partial charge >= 0.3 is 0 Å². The van der Waals surface area contributed by atoms with E-state index in [4.69, 9.17) is 0 Å². The molecule has 0 spiro atoms. The molecule has 0 aromatic rings. The average molecular weight is 253 g/mol. The van der Waals surface area contributed by atoms with Crippen LogP contribution in [-0.2, 0) is 0 Å². The van der Waals surface area contributed by atoms with Crippen molar-refractivity contribution in [2.24, 2.45) is 11.8 Å². The maximum Gasteiger partial charge on any atom is -0.00157 e. The molecule has 0 radical (unpaired) electrons. The van der Waals surface area contributed by atoms with E-state index in [-0.39, 0.29) is 0 Å². The molecule has 0 aliphatic carbocycles. The van der Waals surface area contributed by atoms with E-state index in [0.29, 0.717) is 0 Å². The summed E-state index contributed by atoms with van der Waals surface area (Å²) in [6, 6.07) is 0. The molecule has 0 unspecified atom stereocenters. The summed E-state index contributed by atoms with van der Waals surface area (Å²) in [5.74, 6) is 1.86. The Morgan fingerprint density at radius 3 is 1.89 bits per heavy atom. The molecule has 0 amide bonds. The Morgan fingerprint density at radius 1 is 0.889 bits per heavy atom. The van der Waals surface area contributed by atoms with Gasteiger partial charge in [-0.25, -0.2) is 0 Å². The predicted molar refractivity (Wildman–Crippen MR) is 77.9 cm³/mol. The van der Waals surface area contributed by atoms with Crippen LogP contribution in [0.3, 0.4) is 0 Å². The molecule has 3 nitrogen and oxygen atoms in total. The van der Waals surface area contributed by atoms with Crippen molar-refractivity contribution in [3.63, 3.8) is 0 Å². The maximum absolute atomic E-state index is 3.74. The highest BCUT2D eigenvalue weighted by molar-refractivity contribution is 4.75. The smallest absolute Gasteiger partial charge is 0.00157 e. The molecule has 0 atom stereocenters. The predicted octanol–water partition coefficient (Wildman–Crippen LogP) is 1.65. The van der Waals surface area contributed by atoms with Gasteiger partial charge in [0.05, 0.1) is 0 Å². The van der Waals surface area contributed by atoms with Gasteiger partial charge in [-0.3, -0.25) is 0 Å². The second kappa shape index (κ2) is 7.46. The van der Waals surface area contributed by atoms with Crippen LogP contribution in [0.5, 0.6) is 0 Å². The molecular formula is C15H31N3. The van der Waals surface area contributed by atoms with Crippen LogP contribution in [0.15, 0.2) is 0 Å². The van der Waals surface area contributed by atoms with Gasteiger partial charge in [0.1, 0.15) is 0 Å². The van der Waals surface area contributed by atoms with Gasteiger partial charge in [0, 0.05) is 0 Å². The molecule has 2 aliphatic heterocycles. The lowest BCUT2D eigenvalue weighted by atomic mass is 9.95. The average Bonchev–Trinajstić information content (AvgIpc) is 2.42. The Balaban J connectivity index is 1.53. The van der Waals surface area contributed by atoms with Crippen LogP contribution in [0, 0.1) is 11.8 Å². The maximum atomic E-state index is 3.74. The third-order valence-corrected chi connectivity index (χ3v) is 4.86. The lowest BCUT2D eigenvalue weighted by molar-refractivity contribution is 0.183. The Kier molecular flexibility index (Phi) is 5.93. The van der Waals surface area contributed by atoms with E-state index in [9.17, 15) is 0 Å². The Morgan fingerprint density at radius 2 is 1.39 bits per heavy atom. The van der Waals surface area contributed by atoms with E-state index < -0.39 is 0 Å². The normalized spacial score (nSPS) is 25.7. The van der Waals surface area contributed by atoms with E-state index in [0.717, 1.165) is 11.8 Å². The Hall–Kier alpha value is -0.120. The first kappa shape index (κ1) is 14.3. The van der Waals surface area contributed by atoms with Gasteiger partial charge in [0.25, 0.3) is 0 Å². The second-order valence-electron chi connectivity index (χ2n) is 6.28. The summed E-state index contributed by atoms with van der Waals surface area (Å²) in [4.78, 5) is 5.03. The van der Waals surface area contributed by atoms with Crippen molar-refractivity contribution in [1.82, 2.24) is 15.1 Å². The van der Waals surface area contributed by atoms with Crippen LogP contribution in [0.4, 0.5) is 0 Å². The Bertz CT molecular complexity index is 216. The fourth-order valence-corrected chi connectivity index (χ4v) is 3.26. The number of hydrogen-bond donors (Lipinski definition) is 1. The molecule has 1 N–H and O–H groups in total. The molecule has 2 aliphatic rings. The highest BCUT2D eigenvalue weighted by atomic mass is 15.1. The SMILES string of the molecule is CCN1CCC(CNCC2CCN(C)CC2)CC1. The molecule has 106 valence electrons. The summed E-state index contributed by atoms with van der Waals surface area (Å²) >= 11 is 0. The molecule has 2 heterocycles. The van der Waals surface area contributed by atoms with Gasteiger partial charge in [-0.1, -0.05) is 6.92 Å². The zero-order chi connectivity index (χ0) is 12.8. The summed E-state index contributed by atoms with van der Waals surface area (Å²) in [5, 5.41) is 3.74. The molecule has 0 bridgehead atoms. The van der Waals surface area contributed by atoms with Gasteiger partial charge in [0.2, 0.25) is 0 Å². The standard InChI is InChI=1S/C15H31N3/c1-3-18-10-6-15(7-11-18)13-16-12-14-4-8-17(2)9-5-14/h14-16H,3-13H2,1-2H3. The van der Waals surface area contributed by atoms with Crippen molar-refractivity contribution >= 4 is 0 Å². The van der Waals surface area contributed by atoms with Crippen LogP contribution in [-0.4, -0.2) is 62.7 Å². The molecule has 0 aromatic carbocycles. The molecule has 2 fully saturated rings. The zero-order valence-electron chi connectivity index (χ0n) is 12.3. The minimum atomic E-state index is 0.928. The van der Waals surface area contributed by atoms with Crippen LogP contribution < -0.4 is 5.32 Å². The third kappa shape index (κ3) is 4.52. The van der Waals surface area contributed by atoms with Crippen molar-refractivity contribution < 1.29 is 0 Å². The van der Waals surface area contributed by atoms with E-state index in [1.807, 2.05) is 0 Å². The summed E-state index contributed by atoms with van der Waals surface area (Å²) in [6.07, 6.45) is 5.57. The molecule has 2 rings (SSSR count). The molecular weight excluding hydrogens is 222 g/mol. The molecule has 2 saturated heterocycles. The van der Waals surface area contributed by atoms with Crippen molar-refractivity contribution in [2.75, 3.05) is 52.9 Å². The lowest BCUT2D eigenvalue weighted by Crippen LogP contribution is -2.39. The minimum absolute atomic E-state index is 0.928.